The first-order valence-electron chi connectivity index (χ1n) is 6.17. The Balaban J connectivity index is 2.33. The van der Waals surface area contributed by atoms with Gasteiger partial charge in [-0.3, -0.25) is 4.79 Å². The zero-order chi connectivity index (χ0) is 14.0. The van der Waals surface area contributed by atoms with Crippen molar-refractivity contribution in [3.63, 3.8) is 0 Å². The Morgan fingerprint density at radius 2 is 2.05 bits per heavy atom. The second-order valence-electron chi connectivity index (χ2n) is 4.77. The van der Waals surface area contributed by atoms with E-state index in [-0.39, 0.29) is 22.9 Å². The number of nitrogens with zero attached hydrogens (tertiary/aromatic N) is 3. The fourth-order valence-corrected chi connectivity index (χ4v) is 2.49. The van der Waals surface area contributed by atoms with Crippen molar-refractivity contribution < 1.29 is 4.79 Å². The molecule has 0 spiro atoms. The molecule has 0 aliphatic carbocycles. The maximum atomic E-state index is 11.4. The number of rotatable bonds is 3. The first kappa shape index (κ1) is 13.7. The minimum Gasteiger partial charge on any atom is -0.388 e. The van der Waals surface area contributed by atoms with Crippen LogP contribution in [0.25, 0.3) is 0 Å². The number of thiocarbonyl (C=S) groups is 1. The fraction of sp³-hybridized carbons (Fsp3) is 0.500. The second-order valence-corrected chi connectivity index (χ2v) is 5.21. The molecule has 1 aromatic rings. The van der Waals surface area contributed by atoms with Crippen LogP contribution in [0.5, 0.6) is 0 Å². The van der Waals surface area contributed by atoms with Crippen LogP contribution in [0.4, 0.5) is 5.82 Å². The smallest absolute Gasteiger partial charge is 0.222 e. The van der Waals surface area contributed by atoms with Crippen LogP contribution in [0.15, 0.2) is 12.4 Å². The van der Waals surface area contributed by atoms with Crippen LogP contribution in [0, 0.1) is 5.92 Å². The highest BCUT2D eigenvalue weighted by Gasteiger charge is 2.31. The fourth-order valence-electron chi connectivity index (χ4n) is 2.35. The molecule has 1 aromatic heterocycles. The van der Waals surface area contributed by atoms with Crippen LogP contribution in [0.1, 0.15) is 25.5 Å². The number of aromatic nitrogens is 2. The number of amides is 1. The summed E-state index contributed by atoms with van der Waals surface area (Å²) in [7, 11) is 0. The molecule has 1 amide bonds. The van der Waals surface area contributed by atoms with Crippen molar-refractivity contribution in [2.24, 2.45) is 17.4 Å². The summed E-state index contributed by atoms with van der Waals surface area (Å²) < 4.78 is 0. The van der Waals surface area contributed by atoms with Gasteiger partial charge in [-0.15, -0.1) is 0 Å². The summed E-state index contributed by atoms with van der Waals surface area (Å²) in [6.45, 7) is 2.61. The Kier molecular flexibility index (Phi) is 3.94. The molecule has 1 aliphatic rings. The van der Waals surface area contributed by atoms with Crippen LogP contribution < -0.4 is 16.4 Å². The highest BCUT2D eigenvalue weighted by molar-refractivity contribution is 7.80. The molecule has 4 N–H and O–H groups in total. The lowest BCUT2D eigenvalue weighted by Crippen LogP contribution is -2.47. The summed E-state index contributed by atoms with van der Waals surface area (Å²) >= 11 is 5.00. The molecule has 2 rings (SSSR count). The SMILES string of the molecule is CC1CCC(C(N)=O)CN1c1nccnc1C(N)=S. The van der Waals surface area contributed by atoms with Gasteiger partial charge in [-0.1, -0.05) is 12.2 Å². The molecule has 0 radical (unpaired) electrons. The molecule has 0 saturated carbocycles. The summed E-state index contributed by atoms with van der Waals surface area (Å²) in [5, 5.41) is 0. The number of hydrogen-bond donors (Lipinski definition) is 2. The third kappa shape index (κ3) is 2.81. The summed E-state index contributed by atoms with van der Waals surface area (Å²) in [4.78, 5) is 22.1. The van der Waals surface area contributed by atoms with Gasteiger partial charge in [0.05, 0.1) is 5.92 Å². The lowest BCUT2D eigenvalue weighted by molar-refractivity contribution is -0.122. The van der Waals surface area contributed by atoms with Gasteiger partial charge in [0.2, 0.25) is 5.91 Å². The molecule has 0 bridgehead atoms. The maximum Gasteiger partial charge on any atom is 0.222 e. The van der Waals surface area contributed by atoms with E-state index in [2.05, 4.69) is 16.9 Å². The van der Waals surface area contributed by atoms with Gasteiger partial charge in [0.25, 0.3) is 0 Å². The van der Waals surface area contributed by atoms with Gasteiger partial charge < -0.3 is 16.4 Å². The second kappa shape index (κ2) is 5.48. The molecule has 6 nitrogen and oxygen atoms in total. The molecular formula is C12H17N5OS. The lowest BCUT2D eigenvalue weighted by Gasteiger charge is -2.38. The van der Waals surface area contributed by atoms with E-state index in [1.807, 2.05) is 4.90 Å². The molecule has 7 heteroatoms. The van der Waals surface area contributed by atoms with Crippen molar-refractivity contribution in [3.8, 4) is 0 Å². The number of carbonyl (C=O) groups is 1. The van der Waals surface area contributed by atoms with Crippen molar-refractivity contribution in [3.05, 3.63) is 18.1 Å². The van der Waals surface area contributed by atoms with Gasteiger partial charge >= 0.3 is 0 Å². The van der Waals surface area contributed by atoms with Gasteiger partial charge in [0, 0.05) is 25.0 Å². The third-order valence-electron chi connectivity index (χ3n) is 3.47. The van der Waals surface area contributed by atoms with Crippen molar-refractivity contribution >= 4 is 28.9 Å². The van der Waals surface area contributed by atoms with Crippen LogP contribution in [-0.4, -0.2) is 33.5 Å². The van der Waals surface area contributed by atoms with E-state index >= 15 is 0 Å². The summed E-state index contributed by atoms with van der Waals surface area (Å²) in [5.41, 5.74) is 11.6. The molecule has 2 atom stereocenters. The standard InChI is InChI=1S/C12H17N5OS/c1-7-2-3-8(10(13)18)6-17(7)12-9(11(14)19)15-4-5-16-12/h4-5,7-8H,2-3,6H2,1H3,(H2,13,18)(H2,14,19). The Labute approximate surface area is 117 Å². The predicted molar refractivity (Wildman–Crippen MR) is 76.6 cm³/mol. The van der Waals surface area contributed by atoms with E-state index < -0.39 is 0 Å². The van der Waals surface area contributed by atoms with Gasteiger partial charge in [-0.25, -0.2) is 9.97 Å². The lowest BCUT2D eigenvalue weighted by atomic mass is 9.93. The first-order valence-corrected chi connectivity index (χ1v) is 6.58. The maximum absolute atomic E-state index is 11.4. The van der Waals surface area contributed by atoms with E-state index in [0.717, 1.165) is 12.8 Å². The number of nitrogens with two attached hydrogens (primary N) is 2. The van der Waals surface area contributed by atoms with E-state index in [1.165, 1.54) is 0 Å². The van der Waals surface area contributed by atoms with E-state index in [1.54, 1.807) is 12.4 Å². The molecule has 0 aromatic carbocycles. The first-order chi connectivity index (χ1) is 9.00. The van der Waals surface area contributed by atoms with Crippen LogP contribution >= 0.6 is 12.2 Å². The minimum atomic E-state index is -0.280. The Hall–Kier alpha value is -1.76. The molecule has 2 heterocycles. The van der Waals surface area contributed by atoms with Gasteiger partial charge in [-0.2, -0.15) is 0 Å². The zero-order valence-corrected chi connectivity index (χ0v) is 11.6. The highest BCUT2D eigenvalue weighted by atomic mass is 32.1. The molecule has 2 unspecified atom stereocenters. The number of piperidine rings is 1. The van der Waals surface area contributed by atoms with E-state index in [0.29, 0.717) is 18.1 Å². The Morgan fingerprint density at radius 3 is 2.68 bits per heavy atom. The van der Waals surface area contributed by atoms with Crippen molar-refractivity contribution in [2.75, 3.05) is 11.4 Å². The largest absolute Gasteiger partial charge is 0.388 e. The third-order valence-corrected chi connectivity index (χ3v) is 3.66. The Bertz CT molecular complexity index is 507. The molecular weight excluding hydrogens is 262 g/mol. The van der Waals surface area contributed by atoms with E-state index in [4.69, 9.17) is 23.7 Å². The monoisotopic (exact) mass is 279 g/mol. The molecule has 19 heavy (non-hydrogen) atoms. The number of hydrogen-bond acceptors (Lipinski definition) is 5. The Morgan fingerprint density at radius 1 is 1.37 bits per heavy atom. The van der Waals surface area contributed by atoms with Crippen molar-refractivity contribution in [1.29, 1.82) is 0 Å². The average Bonchev–Trinajstić information content (AvgIpc) is 2.39. The highest BCUT2D eigenvalue weighted by Crippen LogP contribution is 2.27. The quantitative estimate of drug-likeness (QED) is 0.767. The summed E-state index contributed by atoms with van der Waals surface area (Å²) in [6.07, 6.45) is 4.83. The summed E-state index contributed by atoms with van der Waals surface area (Å²) in [5.74, 6) is 0.184. The number of anilines is 1. The topological polar surface area (TPSA) is 98.1 Å². The van der Waals surface area contributed by atoms with Gasteiger partial charge in [-0.05, 0) is 19.8 Å². The number of primary amides is 1. The molecule has 1 aliphatic heterocycles. The zero-order valence-electron chi connectivity index (χ0n) is 10.7. The van der Waals surface area contributed by atoms with Crippen LogP contribution in [0.2, 0.25) is 0 Å². The predicted octanol–water partition coefficient (Wildman–Crippen LogP) is 0.201. The van der Waals surface area contributed by atoms with Crippen LogP contribution in [0.3, 0.4) is 0 Å². The molecule has 102 valence electrons. The van der Waals surface area contributed by atoms with Crippen LogP contribution in [-0.2, 0) is 4.79 Å². The van der Waals surface area contributed by atoms with Gasteiger partial charge in [0.15, 0.2) is 5.82 Å². The summed E-state index contributed by atoms with van der Waals surface area (Å²) in [6, 6.07) is 0.250. The number of carbonyl (C=O) groups excluding carboxylic acids is 1. The van der Waals surface area contributed by atoms with Gasteiger partial charge in [0.1, 0.15) is 10.7 Å². The minimum absolute atomic E-state index is 0.169. The van der Waals surface area contributed by atoms with E-state index in [9.17, 15) is 4.79 Å². The molecule has 1 saturated heterocycles. The normalized spacial score (nSPS) is 23.1. The molecule has 1 fully saturated rings. The average molecular weight is 279 g/mol. The van der Waals surface area contributed by atoms with Crippen molar-refractivity contribution in [1.82, 2.24) is 9.97 Å². The van der Waals surface area contributed by atoms with Crippen molar-refractivity contribution in [2.45, 2.75) is 25.8 Å².